The van der Waals surface area contributed by atoms with Crippen LogP contribution in [0.2, 0.25) is 0 Å². The molecule has 0 radical (unpaired) electrons. The summed E-state index contributed by atoms with van der Waals surface area (Å²) < 4.78 is 0. The number of anilines is 1. The Balaban J connectivity index is 1.78. The van der Waals surface area contributed by atoms with Crippen molar-refractivity contribution in [2.75, 3.05) is 5.32 Å². The van der Waals surface area contributed by atoms with Crippen LogP contribution in [0.4, 0.5) is 5.69 Å². The van der Waals surface area contributed by atoms with E-state index in [1.165, 1.54) is 32.1 Å². The van der Waals surface area contributed by atoms with E-state index in [1.54, 1.807) is 12.4 Å². The number of aliphatic hydroxyl groups is 1. The number of fused-ring (bicyclic) bond motifs is 1. The number of hydrogen-bond donors (Lipinski definition) is 2. The van der Waals surface area contributed by atoms with Gasteiger partial charge in [0, 0.05) is 18.1 Å². The summed E-state index contributed by atoms with van der Waals surface area (Å²) in [5, 5.41) is 14.6. The summed E-state index contributed by atoms with van der Waals surface area (Å²) in [5.41, 5.74) is 0.592. The molecule has 3 nitrogen and oxygen atoms in total. The van der Waals surface area contributed by atoms with Crippen LogP contribution in [-0.2, 0) is 0 Å². The van der Waals surface area contributed by atoms with Gasteiger partial charge in [0.05, 0.1) is 11.6 Å². The number of rotatable bonds is 2. The molecule has 0 aliphatic heterocycles. The first-order valence-electron chi connectivity index (χ1n) is 7.18. The normalized spacial score (nSPS) is 35.8. The average molecular weight is 246 g/mol. The molecule has 1 aromatic rings. The van der Waals surface area contributed by atoms with E-state index in [-0.39, 0.29) is 6.04 Å². The SMILES string of the molecule is O[C@]12CCCC[C@@H]1CCCC2Nc1ccncc1. The minimum absolute atomic E-state index is 0.207. The first kappa shape index (κ1) is 12.0. The average Bonchev–Trinajstić information content (AvgIpc) is 2.41. The maximum atomic E-state index is 11.0. The van der Waals surface area contributed by atoms with Crippen molar-refractivity contribution >= 4 is 5.69 Å². The van der Waals surface area contributed by atoms with Crippen molar-refractivity contribution in [3.8, 4) is 0 Å². The zero-order chi connectivity index (χ0) is 12.4. The second-order valence-corrected chi connectivity index (χ2v) is 5.80. The third-order valence-electron chi connectivity index (χ3n) is 4.76. The van der Waals surface area contributed by atoms with Gasteiger partial charge >= 0.3 is 0 Å². The zero-order valence-corrected chi connectivity index (χ0v) is 10.8. The van der Waals surface area contributed by atoms with E-state index in [0.717, 1.165) is 18.5 Å². The van der Waals surface area contributed by atoms with E-state index in [4.69, 9.17) is 0 Å². The van der Waals surface area contributed by atoms with Crippen molar-refractivity contribution in [3.63, 3.8) is 0 Å². The van der Waals surface area contributed by atoms with Crippen LogP contribution in [0.1, 0.15) is 44.9 Å². The van der Waals surface area contributed by atoms with Gasteiger partial charge in [-0.05, 0) is 43.7 Å². The molecule has 2 N–H and O–H groups in total. The summed E-state index contributed by atoms with van der Waals surface area (Å²) in [6, 6.07) is 4.17. The van der Waals surface area contributed by atoms with Gasteiger partial charge in [-0.15, -0.1) is 0 Å². The summed E-state index contributed by atoms with van der Waals surface area (Å²) in [7, 11) is 0. The highest BCUT2D eigenvalue weighted by atomic mass is 16.3. The molecule has 2 aliphatic rings. The van der Waals surface area contributed by atoms with Gasteiger partial charge in [0.25, 0.3) is 0 Å². The van der Waals surface area contributed by atoms with E-state index >= 15 is 0 Å². The molecule has 1 heterocycles. The highest BCUT2D eigenvalue weighted by molar-refractivity contribution is 5.43. The van der Waals surface area contributed by atoms with Crippen molar-refractivity contribution in [2.45, 2.75) is 56.6 Å². The molecule has 0 bridgehead atoms. The summed E-state index contributed by atoms with van der Waals surface area (Å²) in [5.74, 6) is 0.499. The molecular formula is C15H22N2O. The van der Waals surface area contributed by atoms with Crippen molar-refractivity contribution in [3.05, 3.63) is 24.5 Å². The third kappa shape index (κ3) is 2.12. The van der Waals surface area contributed by atoms with Gasteiger partial charge in [0.1, 0.15) is 0 Å². The molecule has 0 amide bonds. The Hall–Kier alpha value is -1.09. The van der Waals surface area contributed by atoms with Crippen LogP contribution >= 0.6 is 0 Å². The summed E-state index contributed by atoms with van der Waals surface area (Å²) >= 11 is 0. The van der Waals surface area contributed by atoms with Crippen LogP contribution in [0.3, 0.4) is 0 Å². The molecule has 3 heteroatoms. The number of nitrogens with one attached hydrogen (secondary N) is 1. The van der Waals surface area contributed by atoms with E-state index < -0.39 is 5.60 Å². The third-order valence-corrected chi connectivity index (χ3v) is 4.76. The first-order chi connectivity index (χ1) is 8.79. The second kappa shape index (κ2) is 4.88. The summed E-state index contributed by atoms with van der Waals surface area (Å²) in [6.45, 7) is 0. The van der Waals surface area contributed by atoms with Gasteiger partial charge in [-0.1, -0.05) is 19.3 Å². The maximum absolute atomic E-state index is 11.0. The minimum atomic E-state index is -0.486. The zero-order valence-electron chi connectivity index (χ0n) is 10.8. The fraction of sp³-hybridized carbons (Fsp3) is 0.667. The van der Waals surface area contributed by atoms with Crippen LogP contribution in [0, 0.1) is 5.92 Å². The smallest absolute Gasteiger partial charge is 0.0875 e. The van der Waals surface area contributed by atoms with E-state index in [0.29, 0.717) is 5.92 Å². The molecule has 18 heavy (non-hydrogen) atoms. The lowest BCUT2D eigenvalue weighted by Gasteiger charge is -2.49. The molecular weight excluding hydrogens is 224 g/mol. The van der Waals surface area contributed by atoms with Crippen molar-refractivity contribution in [1.82, 2.24) is 4.98 Å². The van der Waals surface area contributed by atoms with Gasteiger partial charge in [0.2, 0.25) is 0 Å². The predicted octanol–water partition coefficient (Wildman–Crippen LogP) is 2.97. The molecule has 2 aliphatic carbocycles. The standard InChI is InChI=1S/C15H22N2O/c18-15-9-2-1-4-12(15)5-3-6-14(15)17-13-7-10-16-11-8-13/h7-8,10-12,14,18H,1-6,9H2,(H,16,17)/t12-,14?,15-/m1/s1. The molecule has 98 valence electrons. The first-order valence-corrected chi connectivity index (χ1v) is 7.18. The Kier molecular flexibility index (Phi) is 3.25. The van der Waals surface area contributed by atoms with Gasteiger partial charge in [-0.3, -0.25) is 4.98 Å². The number of nitrogens with zero attached hydrogens (tertiary/aromatic N) is 1. The summed E-state index contributed by atoms with van der Waals surface area (Å²) in [6.07, 6.45) is 11.7. The minimum Gasteiger partial charge on any atom is -0.387 e. The Labute approximate surface area is 109 Å². The monoisotopic (exact) mass is 246 g/mol. The van der Waals surface area contributed by atoms with E-state index in [1.807, 2.05) is 12.1 Å². The van der Waals surface area contributed by atoms with E-state index in [9.17, 15) is 5.11 Å². The molecule has 3 rings (SSSR count). The van der Waals surface area contributed by atoms with Crippen molar-refractivity contribution in [1.29, 1.82) is 0 Å². The summed E-state index contributed by atoms with van der Waals surface area (Å²) in [4.78, 5) is 4.03. The number of aromatic nitrogens is 1. The molecule has 3 atom stereocenters. The number of hydrogen-bond acceptors (Lipinski definition) is 3. The highest BCUT2D eigenvalue weighted by Gasteiger charge is 2.47. The Morgan fingerprint density at radius 1 is 1.11 bits per heavy atom. The fourth-order valence-corrected chi connectivity index (χ4v) is 3.77. The van der Waals surface area contributed by atoms with Gasteiger partial charge in [0.15, 0.2) is 0 Å². The Morgan fingerprint density at radius 2 is 1.89 bits per heavy atom. The quantitative estimate of drug-likeness (QED) is 0.843. The predicted molar refractivity (Wildman–Crippen MR) is 72.4 cm³/mol. The number of pyridine rings is 1. The second-order valence-electron chi connectivity index (χ2n) is 5.80. The van der Waals surface area contributed by atoms with Gasteiger partial charge in [-0.2, -0.15) is 0 Å². The maximum Gasteiger partial charge on any atom is 0.0875 e. The van der Waals surface area contributed by atoms with Gasteiger partial charge < -0.3 is 10.4 Å². The molecule has 2 fully saturated rings. The molecule has 0 aromatic carbocycles. The lowest BCUT2D eigenvalue weighted by Crippen LogP contribution is -2.56. The molecule has 1 unspecified atom stereocenters. The van der Waals surface area contributed by atoms with E-state index in [2.05, 4.69) is 10.3 Å². The Morgan fingerprint density at radius 3 is 2.72 bits per heavy atom. The van der Waals surface area contributed by atoms with Crippen LogP contribution < -0.4 is 5.32 Å². The lowest BCUT2D eigenvalue weighted by atomic mass is 9.65. The molecule has 1 aromatic heterocycles. The lowest BCUT2D eigenvalue weighted by molar-refractivity contribution is -0.0835. The largest absolute Gasteiger partial charge is 0.387 e. The fourth-order valence-electron chi connectivity index (χ4n) is 3.77. The van der Waals surface area contributed by atoms with Crippen LogP contribution in [0.5, 0.6) is 0 Å². The van der Waals surface area contributed by atoms with Crippen molar-refractivity contribution in [2.24, 2.45) is 5.92 Å². The molecule has 2 saturated carbocycles. The van der Waals surface area contributed by atoms with Crippen molar-refractivity contribution < 1.29 is 5.11 Å². The van der Waals surface area contributed by atoms with Crippen LogP contribution in [0.25, 0.3) is 0 Å². The van der Waals surface area contributed by atoms with Crippen LogP contribution in [0.15, 0.2) is 24.5 Å². The van der Waals surface area contributed by atoms with Crippen LogP contribution in [-0.4, -0.2) is 21.7 Å². The topological polar surface area (TPSA) is 45.1 Å². The molecule has 0 saturated heterocycles. The highest BCUT2D eigenvalue weighted by Crippen LogP contribution is 2.44. The molecule has 0 spiro atoms. The Bertz CT molecular complexity index is 393. The van der Waals surface area contributed by atoms with Gasteiger partial charge in [-0.25, -0.2) is 0 Å².